The van der Waals surface area contributed by atoms with E-state index in [2.05, 4.69) is 10.6 Å². The molecule has 4 aromatic rings. The molecule has 1 unspecified atom stereocenters. The molecule has 0 saturated carbocycles. The summed E-state index contributed by atoms with van der Waals surface area (Å²) in [4.78, 5) is 52.4. The van der Waals surface area contributed by atoms with Crippen molar-refractivity contribution >= 4 is 23.8 Å². The first-order chi connectivity index (χ1) is 24.7. The minimum atomic E-state index is -1.08. The standard InChI is InChI=1S/C40H46N4O7/c1-2-49-40(48)36(26-28-13-6-3-7-14-28)44-38(46)35(25-29-21-23-32(24-22-29)51-31-17-10-5-11-18-31)43-37(45)33(41)19-12-20-34(42)39(47)50-27-30-15-8-4-9-16-30/h3-11,13-18,21-24,33-36H,2,12,19-20,25-27,41-42H2,1H3,(H,43,45)(H,44,46)/t33-,34?,35-,36-/m0/s1. The van der Waals surface area contributed by atoms with Gasteiger partial charge in [0.25, 0.3) is 0 Å². The predicted octanol–water partition coefficient (Wildman–Crippen LogP) is 4.37. The zero-order valence-electron chi connectivity index (χ0n) is 28.7. The number of esters is 2. The summed E-state index contributed by atoms with van der Waals surface area (Å²) in [6.07, 6.45) is 1.15. The number of para-hydroxylation sites is 1. The molecular weight excluding hydrogens is 648 g/mol. The van der Waals surface area contributed by atoms with Gasteiger partial charge >= 0.3 is 11.9 Å². The van der Waals surface area contributed by atoms with Crippen molar-refractivity contribution in [2.45, 2.75) is 69.8 Å². The van der Waals surface area contributed by atoms with Crippen LogP contribution in [0.15, 0.2) is 115 Å². The molecule has 4 rings (SSSR count). The van der Waals surface area contributed by atoms with Crippen LogP contribution in [0.2, 0.25) is 0 Å². The summed E-state index contributed by atoms with van der Waals surface area (Å²) in [5.41, 5.74) is 14.7. The van der Waals surface area contributed by atoms with Gasteiger partial charge in [0.15, 0.2) is 0 Å². The molecule has 0 radical (unpaired) electrons. The number of nitrogens with one attached hydrogen (secondary N) is 2. The lowest BCUT2D eigenvalue weighted by atomic mass is 10.0. The largest absolute Gasteiger partial charge is 0.464 e. The Morgan fingerprint density at radius 2 is 1.08 bits per heavy atom. The van der Waals surface area contributed by atoms with Crippen molar-refractivity contribution in [3.63, 3.8) is 0 Å². The SMILES string of the molecule is CCOC(=O)[C@H](Cc1ccccc1)NC(=O)[C@H](Cc1ccc(Oc2ccccc2)cc1)NC(=O)[C@@H](N)CCCC(N)C(=O)OCc1ccccc1. The summed E-state index contributed by atoms with van der Waals surface area (Å²) in [6.45, 7) is 1.94. The van der Waals surface area contributed by atoms with Crippen LogP contribution in [-0.2, 0) is 48.1 Å². The molecule has 4 aromatic carbocycles. The lowest BCUT2D eigenvalue weighted by molar-refractivity contribution is -0.147. The second-order valence-electron chi connectivity index (χ2n) is 12.1. The normalized spacial score (nSPS) is 13.2. The Balaban J connectivity index is 1.39. The fraction of sp³-hybridized carbons (Fsp3) is 0.300. The van der Waals surface area contributed by atoms with Gasteiger partial charge in [0, 0.05) is 12.8 Å². The van der Waals surface area contributed by atoms with Crippen molar-refractivity contribution in [2.24, 2.45) is 11.5 Å². The third-order valence-corrected chi connectivity index (χ3v) is 8.04. The Morgan fingerprint density at radius 3 is 1.71 bits per heavy atom. The first-order valence-corrected chi connectivity index (χ1v) is 17.1. The van der Waals surface area contributed by atoms with Gasteiger partial charge in [0.05, 0.1) is 12.6 Å². The van der Waals surface area contributed by atoms with E-state index < -0.39 is 47.9 Å². The highest BCUT2D eigenvalue weighted by Gasteiger charge is 2.29. The van der Waals surface area contributed by atoms with Gasteiger partial charge in [0.1, 0.15) is 36.2 Å². The lowest BCUT2D eigenvalue weighted by Gasteiger charge is -2.24. The van der Waals surface area contributed by atoms with Gasteiger partial charge in [-0.2, -0.15) is 0 Å². The Hall–Kier alpha value is -5.52. The molecule has 11 heteroatoms. The van der Waals surface area contributed by atoms with Gasteiger partial charge in [0.2, 0.25) is 11.8 Å². The number of rotatable bonds is 19. The molecule has 0 aromatic heterocycles. The fourth-order valence-corrected chi connectivity index (χ4v) is 5.24. The molecule has 0 spiro atoms. The van der Waals surface area contributed by atoms with Crippen LogP contribution in [0.25, 0.3) is 0 Å². The first-order valence-electron chi connectivity index (χ1n) is 17.1. The molecule has 268 valence electrons. The second-order valence-corrected chi connectivity index (χ2v) is 12.1. The van der Waals surface area contributed by atoms with E-state index in [-0.39, 0.29) is 38.9 Å². The van der Waals surface area contributed by atoms with Crippen LogP contribution in [0.1, 0.15) is 42.9 Å². The van der Waals surface area contributed by atoms with Gasteiger partial charge in [-0.25, -0.2) is 4.79 Å². The number of nitrogens with two attached hydrogens (primary N) is 2. The second kappa shape index (κ2) is 20.2. The van der Waals surface area contributed by atoms with Crippen LogP contribution in [0.3, 0.4) is 0 Å². The van der Waals surface area contributed by atoms with E-state index in [0.717, 1.165) is 16.7 Å². The number of amides is 2. The Bertz CT molecular complexity index is 1670. The van der Waals surface area contributed by atoms with Crippen LogP contribution in [0.4, 0.5) is 0 Å². The van der Waals surface area contributed by atoms with E-state index in [4.69, 9.17) is 25.7 Å². The number of ether oxygens (including phenoxy) is 3. The highest BCUT2D eigenvalue weighted by Crippen LogP contribution is 2.22. The lowest BCUT2D eigenvalue weighted by Crippen LogP contribution is -2.55. The van der Waals surface area contributed by atoms with Crippen LogP contribution < -0.4 is 26.8 Å². The van der Waals surface area contributed by atoms with Crippen molar-refractivity contribution in [1.82, 2.24) is 10.6 Å². The summed E-state index contributed by atoms with van der Waals surface area (Å²) in [6, 6.07) is 31.1. The topological polar surface area (TPSA) is 172 Å². The molecule has 11 nitrogen and oxygen atoms in total. The summed E-state index contributed by atoms with van der Waals surface area (Å²) >= 11 is 0. The van der Waals surface area contributed by atoms with E-state index in [9.17, 15) is 19.2 Å². The average Bonchev–Trinajstić information content (AvgIpc) is 3.15. The maximum Gasteiger partial charge on any atom is 0.328 e. The molecule has 2 amide bonds. The third kappa shape index (κ3) is 13.0. The summed E-state index contributed by atoms with van der Waals surface area (Å²) in [7, 11) is 0. The van der Waals surface area contributed by atoms with Crippen molar-refractivity contribution < 1.29 is 33.4 Å². The monoisotopic (exact) mass is 694 g/mol. The number of benzene rings is 4. The minimum absolute atomic E-state index is 0.106. The molecule has 0 saturated heterocycles. The van der Waals surface area contributed by atoms with Crippen molar-refractivity contribution in [2.75, 3.05) is 6.61 Å². The zero-order valence-corrected chi connectivity index (χ0v) is 28.7. The van der Waals surface area contributed by atoms with Gasteiger partial charge in [-0.05, 0) is 67.1 Å². The maximum absolute atomic E-state index is 13.8. The first kappa shape index (κ1) is 38.3. The molecule has 0 fully saturated rings. The Labute approximate surface area is 298 Å². The fourth-order valence-electron chi connectivity index (χ4n) is 5.24. The van der Waals surface area contributed by atoms with Crippen molar-refractivity contribution in [1.29, 1.82) is 0 Å². The van der Waals surface area contributed by atoms with E-state index in [1.54, 1.807) is 31.2 Å². The van der Waals surface area contributed by atoms with E-state index >= 15 is 0 Å². The summed E-state index contributed by atoms with van der Waals surface area (Å²) in [5, 5.41) is 5.57. The van der Waals surface area contributed by atoms with Gasteiger partial charge < -0.3 is 36.3 Å². The van der Waals surface area contributed by atoms with E-state index in [1.165, 1.54) is 0 Å². The highest BCUT2D eigenvalue weighted by atomic mass is 16.5. The summed E-state index contributed by atoms with van der Waals surface area (Å²) in [5.74, 6) is -0.980. The maximum atomic E-state index is 13.8. The Morgan fingerprint density at radius 1 is 0.569 bits per heavy atom. The summed E-state index contributed by atoms with van der Waals surface area (Å²) < 4.78 is 16.5. The van der Waals surface area contributed by atoms with Crippen LogP contribution in [-0.4, -0.2) is 54.5 Å². The third-order valence-electron chi connectivity index (χ3n) is 8.04. The van der Waals surface area contributed by atoms with Crippen LogP contribution in [0.5, 0.6) is 11.5 Å². The van der Waals surface area contributed by atoms with Gasteiger partial charge in [-0.3, -0.25) is 14.4 Å². The number of carbonyl (C=O) groups excluding carboxylic acids is 4. The van der Waals surface area contributed by atoms with E-state index in [0.29, 0.717) is 17.9 Å². The van der Waals surface area contributed by atoms with Gasteiger partial charge in [-0.1, -0.05) is 91.0 Å². The van der Waals surface area contributed by atoms with Crippen LogP contribution in [0, 0.1) is 0 Å². The molecule has 6 N–H and O–H groups in total. The van der Waals surface area contributed by atoms with Crippen molar-refractivity contribution in [3.8, 4) is 11.5 Å². The highest BCUT2D eigenvalue weighted by molar-refractivity contribution is 5.92. The molecule has 51 heavy (non-hydrogen) atoms. The number of hydrogen-bond donors (Lipinski definition) is 4. The number of carbonyl (C=O) groups is 4. The predicted molar refractivity (Wildman–Crippen MR) is 193 cm³/mol. The minimum Gasteiger partial charge on any atom is -0.464 e. The Kier molecular flexibility index (Phi) is 15.2. The van der Waals surface area contributed by atoms with E-state index in [1.807, 2.05) is 91.0 Å². The smallest absolute Gasteiger partial charge is 0.328 e. The van der Waals surface area contributed by atoms with Crippen molar-refractivity contribution in [3.05, 3.63) is 132 Å². The molecule has 0 aliphatic rings. The quantitative estimate of drug-likeness (QED) is 0.104. The van der Waals surface area contributed by atoms with Crippen LogP contribution >= 0.6 is 0 Å². The molecule has 4 atom stereocenters. The molecule has 0 aliphatic heterocycles. The average molecular weight is 695 g/mol. The molecule has 0 aliphatic carbocycles. The molecular formula is C40H46N4O7. The molecule has 0 bridgehead atoms. The zero-order chi connectivity index (χ0) is 36.4. The van der Waals surface area contributed by atoms with Gasteiger partial charge in [-0.15, -0.1) is 0 Å². The molecule has 0 heterocycles. The number of hydrogen-bond acceptors (Lipinski definition) is 9.